The fourth-order valence-electron chi connectivity index (χ4n) is 2.65. The first kappa shape index (κ1) is 13.6. The van der Waals surface area contributed by atoms with Crippen LogP contribution in [-0.4, -0.2) is 42.1 Å². The molecule has 2 rings (SSSR count). The minimum atomic E-state index is 0.533. The van der Waals surface area contributed by atoms with E-state index in [0.717, 1.165) is 37.4 Å². The van der Waals surface area contributed by atoms with Gasteiger partial charge in [-0.1, -0.05) is 6.92 Å². The van der Waals surface area contributed by atoms with Gasteiger partial charge in [-0.15, -0.1) is 11.6 Å². The maximum absolute atomic E-state index is 6.02. The van der Waals surface area contributed by atoms with Crippen molar-refractivity contribution in [3.05, 3.63) is 23.5 Å². The van der Waals surface area contributed by atoms with Crippen molar-refractivity contribution in [1.82, 2.24) is 9.88 Å². The van der Waals surface area contributed by atoms with Crippen molar-refractivity contribution >= 4 is 17.3 Å². The summed E-state index contributed by atoms with van der Waals surface area (Å²) in [5.41, 5.74) is 3.46. The summed E-state index contributed by atoms with van der Waals surface area (Å²) in [7, 11) is 0. The zero-order chi connectivity index (χ0) is 13.1. The molecule has 1 fully saturated rings. The van der Waals surface area contributed by atoms with Gasteiger partial charge >= 0.3 is 0 Å². The van der Waals surface area contributed by atoms with Crippen molar-refractivity contribution in [2.24, 2.45) is 0 Å². The molecule has 1 unspecified atom stereocenters. The Morgan fingerprint density at radius 2 is 2.22 bits per heavy atom. The number of rotatable bonds is 3. The van der Waals surface area contributed by atoms with E-state index in [1.807, 2.05) is 13.1 Å². The molecule has 100 valence electrons. The van der Waals surface area contributed by atoms with Gasteiger partial charge in [0.25, 0.3) is 0 Å². The predicted octanol–water partition coefficient (Wildman–Crippen LogP) is 2.66. The van der Waals surface area contributed by atoms with Crippen LogP contribution in [0, 0.1) is 6.92 Å². The third-order valence-corrected chi connectivity index (χ3v) is 4.04. The highest BCUT2D eigenvalue weighted by Crippen LogP contribution is 2.25. The average molecular weight is 268 g/mol. The lowest BCUT2D eigenvalue weighted by Gasteiger charge is -2.41. The molecule has 4 heteroatoms. The Morgan fingerprint density at radius 3 is 2.83 bits per heavy atom. The number of anilines is 1. The number of hydrogen-bond donors (Lipinski definition) is 0. The van der Waals surface area contributed by atoms with E-state index >= 15 is 0 Å². The van der Waals surface area contributed by atoms with E-state index in [0.29, 0.717) is 11.9 Å². The highest BCUT2D eigenvalue weighted by Gasteiger charge is 2.23. The summed E-state index contributed by atoms with van der Waals surface area (Å²) < 4.78 is 0. The smallest absolute Gasteiger partial charge is 0.0509 e. The van der Waals surface area contributed by atoms with Crippen molar-refractivity contribution < 1.29 is 0 Å². The summed E-state index contributed by atoms with van der Waals surface area (Å²) in [4.78, 5) is 9.30. The maximum atomic E-state index is 6.02. The molecule has 0 aromatic carbocycles. The minimum absolute atomic E-state index is 0.533. The molecule has 1 saturated heterocycles. The van der Waals surface area contributed by atoms with Gasteiger partial charge in [0.15, 0.2) is 0 Å². The third kappa shape index (κ3) is 2.78. The average Bonchev–Trinajstić information content (AvgIpc) is 2.38. The summed E-state index contributed by atoms with van der Waals surface area (Å²) >= 11 is 6.02. The maximum Gasteiger partial charge on any atom is 0.0509 e. The Labute approximate surface area is 115 Å². The van der Waals surface area contributed by atoms with Crippen LogP contribution in [0.15, 0.2) is 12.3 Å². The van der Waals surface area contributed by atoms with Crippen LogP contribution in [0.25, 0.3) is 0 Å². The Hall–Kier alpha value is -0.800. The van der Waals surface area contributed by atoms with E-state index in [9.17, 15) is 0 Å². The molecule has 0 saturated carbocycles. The van der Waals surface area contributed by atoms with Crippen LogP contribution in [0.3, 0.4) is 0 Å². The van der Waals surface area contributed by atoms with Crippen molar-refractivity contribution in [1.29, 1.82) is 0 Å². The van der Waals surface area contributed by atoms with Gasteiger partial charge in [-0.3, -0.25) is 9.88 Å². The molecule has 1 aliphatic rings. The number of aromatic nitrogens is 1. The molecule has 0 radical (unpaired) electrons. The molecule has 1 aromatic rings. The molecular formula is C14H22ClN3. The van der Waals surface area contributed by atoms with Crippen LogP contribution >= 0.6 is 11.6 Å². The van der Waals surface area contributed by atoms with Crippen LogP contribution < -0.4 is 4.90 Å². The van der Waals surface area contributed by atoms with Crippen molar-refractivity contribution in [3.8, 4) is 0 Å². The summed E-state index contributed by atoms with van der Waals surface area (Å²) in [6.45, 7) is 11.0. The lowest BCUT2D eigenvalue weighted by Crippen LogP contribution is -2.52. The topological polar surface area (TPSA) is 19.4 Å². The largest absolute Gasteiger partial charge is 0.368 e. The van der Waals surface area contributed by atoms with Gasteiger partial charge in [0.1, 0.15) is 0 Å². The second kappa shape index (κ2) is 5.89. The summed E-state index contributed by atoms with van der Waals surface area (Å²) in [5.74, 6) is 0.533. The zero-order valence-electron chi connectivity index (χ0n) is 11.5. The van der Waals surface area contributed by atoms with E-state index in [-0.39, 0.29) is 0 Å². The third-order valence-electron chi connectivity index (χ3n) is 3.75. The first-order valence-electron chi connectivity index (χ1n) is 6.66. The number of halogens is 1. The van der Waals surface area contributed by atoms with E-state index in [2.05, 4.69) is 34.7 Å². The highest BCUT2D eigenvalue weighted by atomic mass is 35.5. The summed E-state index contributed by atoms with van der Waals surface area (Å²) in [6, 6.07) is 2.76. The Bertz CT molecular complexity index is 408. The number of alkyl halides is 1. The SMILES string of the molecule is CCN1CCN(c2cc(C)ncc2CCl)CC1C. The zero-order valence-corrected chi connectivity index (χ0v) is 12.2. The second-order valence-electron chi connectivity index (χ2n) is 5.01. The molecule has 0 amide bonds. The number of likely N-dealkylation sites (N-methyl/N-ethyl adjacent to an activating group) is 1. The van der Waals surface area contributed by atoms with Crippen molar-refractivity contribution in [2.75, 3.05) is 31.1 Å². The van der Waals surface area contributed by atoms with E-state index in [4.69, 9.17) is 11.6 Å². The number of aryl methyl sites for hydroxylation is 1. The monoisotopic (exact) mass is 267 g/mol. The normalized spacial score (nSPS) is 21.3. The second-order valence-corrected chi connectivity index (χ2v) is 5.28. The standard InChI is InChI=1S/C14H22ClN3/c1-4-17-5-6-18(10-12(17)3)14-7-11(2)16-9-13(14)8-15/h7,9,12H,4-6,8,10H2,1-3H3. The Morgan fingerprint density at radius 1 is 1.44 bits per heavy atom. The molecule has 0 aliphatic carbocycles. The summed E-state index contributed by atoms with van der Waals surface area (Å²) in [6.07, 6.45) is 1.91. The lowest BCUT2D eigenvalue weighted by molar-refractivity contribution is 0.199. The molecular weight excluding hydrogens is 246 g/mol. The minimum Gasteiger partial charge on any atom is -0.368 e. The van der Waals surface area contributed by atoms with Gasteiger partial charge in [-0.05, 0) is 26.5 Å². The van der Waals surface area contributed by atoms with Crippen LogP contribution in [0.2, 0.25) is 0 Å². The molecule has 3 nitrogen and oxygen atoms in total. The Balaban J connectivity index is 2.19. The molecule has 0 N–H and O–H groups in total. The van der Waals surface area contributed by atoms with Crippen molar-refractivity contribution in [3.63, 3.8) is 0 Å². The van der Waals surface area contributed by atoms with Crippen LogP contribution in [-0.2, 0) is 5.88 Å². The molecule has 1 atom stereocenters. The molecule has 0 spiro atoms. The molecule has 1 aliphatic heterocycles. The van der Waals surface area contributed by atoms with Gasteiger partial charge in [0.05, 0.1) is 5.88 Å². The van der Waals surface area contributed by atoms with Crippen LogP contribution in [0.1, 0.15) is 25.1 Å². The molecule has 0 bridgehead atoms. The number of pyridine rings is 1. The number of nitrogens with zero attached hydrogens (tertiary/aromatic N) is 3. The first-order valence-corrected chi connectivity index (χ1v) is 7.19. The van der Waals surface area contributed by atoms with Gasteiger partial charge in [0.2, 0.25) is 0 Å². The number of hydrogen-bond acceptors (Lipinski definition) is 3. The summed E-state index contributed by atoms with van der Waals surface area (Å²) in [5, 5.41) is 0. The predicted molar refractivity (Wildman–Crippen MR) is 77.5 cm³/mol. The fraction of sp³-hybridized carbons (Fsp3) is 0.643. The van der Waals surface area contributed by atoms with Gasteiger partial charge in [-0.2, -0.15) is 0 Å². The van der Waals surface area contributed by atoms with E-state index in [1.165, 1.54) is 5.69 Å². The molecule has 1 aromatic heterocycles. The first-order chi connectivity index (χ1) is 8.65. The Kier molecular flexibility index (Phi) is 4.46. The van der Waals surface area contributed by atoms with Gasteiger partial charge < -0.3 is 4.90 Å². The van der Waals surface area contributed by atoms with E-state index in [1.54, 1.807) is 0 Å². The van der Waals surface area contributed by atoms with Gasteiger partial charge in [-0.25, -0.2) is 0 Å². The van der Waals surface area contributed by atoms with Gasteiger partial charge in [0, 0.05) is 48.8 Å². The van der Waals surface area contributed by atoms with E-state index < -0.39 is 0 Å². The lowest BCUT2D eigenvalue weighted by atomic mass is 10.1. The quantitative estimate of drug-likeness (QED) is 0.785. The van der Waals surface area contributed by atoms with Crippen LogP contribution in [0.4, 0.5) is 5.69 Å². The molecule has 2 heterocycles. The molecule has 18 heavy (non-hydrogen) atoms. The highest BCUT2D eigenvalue weighted by molar-refractivity contribution is 6.17. The fourth-order valence-corrected chi connectivity index (χ4v) is 2.86. The number of piperazine rings is 1. The van der Waals surface area contributed by atoms with Crippen LogP contribution in [0.5, 0.6) is 0 Å². The van der Waals surface area contributed by atoms with Crippen molar-refractivity contribution in [2.45, 2.75) is 32.7 Å².